The lowest BCUT2D eigenvalue weighted by Crippen LogP contribution is -2.13. The molecule has 0 bridgehead atoms. The van der Waals surface area contributed by atoms with Crippen LogP contribution in [-0.2, 0) is 0 Å². The van der Waals surface area contributed by atoms with E-state index in [1.165, 1.54) is 25.3 Å². The van der Waals surface area contributed by atoms with Crippen LogP contribution in [0.5, 0.6) is 5.75 Å². The topological polar surface area (TPSA) is 35.2 Å². The van der Waals surface area contributed by atoms with Crippen molar-refractivity contribution in [3.63, 3.8) is 0 Å². The molecule has 100 valence electrons. The molecular weight excluding hydrogens is 316 g/mol. The van der Waals surface area contributed by atoms with Gasteiger partial charge in [0, 0.05) is 11.6 Å². The Morgan fingerprint density at radius 1 is 1.16 bits per heavy atom. The fourth-order valence-electron chi connectivity index (χ4n) is 1.81. The van der Waals surface area contributed by atoms with Gasteiger partial charge in [0.15, 0.2) is 0 Å². The molecule has 0 radical (unpaired) electrons. The summed E-state index contributed by atoms with van der Waals surface area (Å²) in [5, 5.41) is 0. The van der Waals surface area contributed by atoms with Gasteiger partial charge in [-0.15, -0.1) is 0 Å². The summed E-state index contributed by atoms with van der Waals surface area (Å²) >= 11 is 3.12. The van der Waals surface area contributed by atoms with Gasteiger partial charge in [0.05, 0.1) is 17.6 Å². The molecule has 2 rings (SSSR count). The van der Waals surface area contributed by atoms with E-state index in [0.717, 1.165) is 5.56 Å². The molecule has 0 fully saturated rings. The number of hydrogen-bond acceptors (Lipinski definition) is 2. The Balaban J connectivity index is 2.45. The summed E-state index contributed by atoms with van der Waals surface area (Å²) in [6, 6.07) is 8.17. The number of hydrogen-bond donors (Lipinski definition) is 1. The lowest BCUT2D eigenvalue weighted by Gasteiger charge is -2.17. The fraction of sp³-hybridized carbons (Fsp3) is 0.143. The highest BCUT2D eigenvalue weighted by Crippen LogP contribution is 2.32. The van der Waals surface area contributed by atoms with E-state index >= 15 is 0 Å². The van der Waals surface area contributed by atoms with Gasteiger partial charge >= 0.3 is 0 Å². The molecule has 5 heteroatoms. The Hall–Kier alpha value is -1.46. The maximum atomic E-state index is 13.4. The van der Waals surface area contributed by atoms with Gasteiger partial charge in [0.2, 0.25) is 0 Å². The van der Waals surface area contributed by atoms with E-state index < -0.39 is 11.9 Å². The minimum atomic E-state index is -0.521. The minimum Gasteiger partial charge on any atom is -0.496 e. The van der Waals surface area contributed by atoms with Gasteiger partial charge < -0.3 is 10.5 Å². The zero-order valence-electron chi connectivity index (χ0n) is 10.2. The first kappa shape index (κ1) is 14.0. The van der Waals surface area contributed by atoms with Crippen LogP contribution in [0.4, 0.5) is 8.78 Å². The molecule has 2 N–H and O–H groups in total. The summed E-state index contributed by atoms with van der Waals surface area (Å²) in [5.41, 5.74) is 7.46. The maximum absolute atomic E-state index is 13.4. The molecule has 0 heterocycles. The third-order valence-electron chi connectivity index (χ3n) is 2.84. The van der Waals surface area contributed by atoms with Gasteiger partial charge in [0.1, 0.15) is 17.4 Å². The van der Waals surface area contributed by atoms with Crippen LogP contribution < -0.4 is 10.5 Å². The zero-order chi connectivity index (χ0) is 14.0. The Bertz CT molecular complexity index is 587. The number of halogens is 3. The highest BCUT2D eigenvalue weighted by atomic mass is 79.9. The second kappa shape index (κ2) is 5.67. The molecule has 0 amide bonds. The van der Waals surface area contributed by atoms with Crippen molar-refractivity contribution in [3.8, 4) is 5.75 Å². The minimum absolute atomic E-state index is 0.306. The van der Waals surface area contributed by atoms with E-state index in [0.29, 0.717) is 15.8 Å². The first-order valence-electron chi connectivity index (χ1n) is 5.57. The maximum Gasteiger partial charge on any atom is 0.141 e. The monoisotopic (exact) mass is 327 g/mol. The number of methoxy groups -OCH3 is 1. The highest BCUT2D eigenvalue weighted by molar-refractivity contribution is 9.10. The number of ether oxygens (including phenoxy) is 1. The normalized spacial score (nSPS) is 12.3. The van der Waals surface area contributed by atoms with Crippen LogP contribution >= 0.6 is 15.9 Å². The van der Waals surface area contributed by atoms with Gasteiger partial charge in [-0.2, -0.15) is 0 Å². The summed E-state index contributed by atoms with van der Waals surface area (Å²) in [7, 11) is 1.45. The molecular formula is C14H12BrF2NO. The Kier molecular flexibility index (Phi) is 4.17. The van der Waals surface area contributed by atoms with Crippen molar-refractivity contribution in [2.24, 2.45) is 5.73 Å². The molecule has 2 aromatic rings. The summed E-state index contributed by atoms with van der Waals surface area (Å²) < 4.78 is 31.8. The fourth-order valence-corrected chi connectivity index (χ4v) is 2.17. The standard InChI is InChI=1S/C14H12BrF2NO/c1-19-13-7-12(17)11(15)6-10(13)14(18)8-2-4-9(16)5-3-8/h2-7,14H,18H2,1H3. The van der Waals surface area contributed by atoms with Crippen LogP contribution in [0, 0.1) is 11.6 Å². The first-order valence-corrected chi connectivity index (χ1v) is 6.36. The first-order chi connectivity index (χ1) is 9.02. The average molecular weight is 328 g/mol. The number of benzene rings is 2. The third kappa shape index (κ3) is 2.93. The van der Waals surface area contributed by atoms with Gasteiger partial charge in [-0.05, 0) is 39.7 Å². The van der Waals surface area contributed by atoms with E-state index in [1.54, 1.807) is 18.2 Å². The van der Waals surface area contributed by atoms with Crippen molar-refractivity contribution >= 4 is 15.9 Å². The summed E-state index contributed by atoms with van der Waals surface area (Å²) in [6.45, 7) is 0. The van der Waals surface area contributed by atoms with Crippen molar-refractivity contribution in [1.29, 1.82) is 0 Å². The van der Waals surface area contributed by atoms with Crippen LogP contribution in [0.25, 0.3) is 0 Å². The zero-order valence-corrected chi connectivity index (χ0v) is 11.7. The lowest BCUT2D eigenvalue weighted by atomic mass is 9.98. The average Bonchev–Trinajstić information content (AvgIpc) is 2.41. The SMILES string of the molecule is COc1cc(F)c(Br)cc1C(N)c1ccc(F)cc1. The van der Waals surface area contributed by atoms with Crippen LogP contribution in [0.15, 0.2) is 40.9 Å². The van der Waals surface area contributed by atoms with Crippen molar-refractivity contribution < 1.29 is 13.5 Å². The van der Waals surface area contributed by atoms with Gasteiger partial charge in [-0.25, -0.2) is 8.78 Å². The Morgan fingerprint density at radius 3 is 2.37 bits per heavy atom. The van der Waals surface area contributed by atoms with Crippen molar-refractivity contribution in [2.45, 2.75) is 6.04 Å². The molecule has 1 atom stereocenters. The molecule has 2 aromatic carbocycles. The molecule has 2 nitrogen and oxygen atoms in total. The van der Waals surface area contributed by atoms with E-state index in [4.69, 9.17) is 10.5 Å². The second-order valence-electron chi connectivity index (χ2n) is 4.04. The predicted octanol–water partition coefficient (Wildman–Crippen LogP) is 3.78. The number of rotatable bonds is 3. The lowest BCUT2D eigenvalue weighted by molar-refractivity contribution is 0.404. The molecule has 0 spiro atoms. The molecule has 1 unspecified atom stereocenters. The van der Waals surface area contributed by atoms with Crippen LogP contribution in [0.3, 0.4) is 0 Å². The quantitative estimate of drug-likeness (QED) is 0.931. The smallest absolute Gasteiger partial charge is 0.141 e. The molecule has 0 aliphatic heterocycles. The van der Waals surface area contributed by atoms with Crippen LogP contribution in [0.2, 0.25) is 0 Å². The van der Waals surface area contributed by atoms with E-state index in [9.17, 15) is 8.78 Å². The van der Waals surface area contributed by atoms with Crippen molar-refractivity contribution in [3.05, 3.63) is 63.6 Å². The van der Waals surface area contributed by atoms with Crippen LogP contribution in [0.1, 0.15) is 17.2 Å². The Morgan fingerprint density at radius 2 is 1.79 bits per heavy atom. The Labute approximate surface area is 118 Å². The molecule has 0 aromatic heterocycles. The summed E-state index contributed by atoms with van der Waals surface area (Å²) in [6.07, 6.45) is 0. The molecule has 0 saturated heterocycles. The van der Waals surface area contributed by atoms with Gasteiger partial charge in [-0.1, -0.05) is 12.1 Å². The molecule has 19 heavy (non-hydrogen) atoms. The van der Waals surface area contributed by atoms with E-state index in [2.05, 4.69) is 15.9 Å². The van der Waals surface area contributed by atoms with Crippen molar-refractivity contribution in [1.82, 2.24) is 0 Å². The summed E-state index contributed by atoms with van der Waals surface area (Å²) in [5.74, 6) is -0.396. The predicted molar refractivity (Wildman–Crippen MR) is 73.1 cm³/mol. The molecule has 0 aliphatic carbocycles. The van der Waals surface area contributed by atoms with Crippen LogP contribution in [-0.4, -0.2) is 7.11 Å². The summed E-state index contributed by atoms with van der Waals surface area (Å²) in [4.78, 5) is 0. The van der Waals surface area contributed by atoms with Gasteiger partial charge in [0.25, 0.3) is 0 Å². The second-order valence-corrected chi connectivity index (χ2v) is 4.89. The molecule has 0 aliphatic rings. The highest BCUT2D eigenvalue weighted by Gasteiger charge is 2.17. The van der Waals surface area contributed by atoms with E-state index in [-0.39, 0.29) is 5.82 Å². The largest absolute Gasteiger partial charge is 0.496 e. The number of nitrogens with two attached hydrogens (primary N) is 1. The van der Waals surface area contributed by atoms with Crippen molar-refractivity contribution in [2.75, 3.05) is 7.11 Å². The van der Waals surface area contributed by atoms with E-state index in [1.807, 2.05) is 0 Å². The molecule has 0 saturated carbocycles. The van der Waals surface area contributed by atoms with Gasteiger partial charge in [-0.3, -0.25) is 0 Å². The third-order valence-corrected chi connectivity index (χ3v) is 3.44.